The summed E-state index contributed by atoms with van der Waals surface area (Å²) >= 11 is 0. The molecule has 2 aromatic carbocycles. The lowest BCUT2D eigenvalue weighted by molar-refractivity contribution is 0.0668. The molecule has 0 aliphatic heterocycles. The number of nitrogens with zero attached hydrogens (tertiary/aromatic N) is 1. The van der Waals surface area contributed by atoms with Crippen LogP contribution in [0.2, 0.25) is 0 Å². The number of aromatic amines is 1. The number of fused-ring (bicyclic) bond motifs is 1. The van der Waals surface area contributed by atoms with E-state index in [1.807, 2.05) is 31.4 Å². The zero-order valence-electron chi connectivity index (χ0n) is 18.3. The molecule has 0 bridgehead atoms. The number of aromatic nitrogens is 1. The van der Waals surface area contributed by atoms with Crippen LogP contribution in [0, 0.1) is 0 Å². The normalized spacial score (nSPS) is 12.6. The first-order valence-corrected chi connectivity index (χ1v) is 10.4. The Morgan fingerprint density at radius 2 is 1.93 bits per heavy atom. The highest BCUT2D eigenvalue weighted by Crippen LogP contribution is 2.28. The third-order valence-corrected chi connectivity index (χ3v) is 5.37. The summed E-state index contributed by atoms with van der Waals surface area (Å²) in [5.74, 6) is 1.32. The van der Waals surface area contributed by atoms with Crippen LogP contribution < -0.4 is 14.8 Å². The number of likely N-dealkylation sites (N-methyl/N-ethyl adjacent to an activating group) is 1. The molecule has 0 aliphatic carbocycles. The van der Waals surface area contributed by atoms with Crippen LogP contribution in [0.5, 0.6) is 11.5 Å². The van der Waals surface area contributed by atoms with Gasteiger partial charge in [0.15, 0.2) is 11.5 Å². The Morgan fingerprint density at radius 1 is 1.10 bits per heavy atom. The third-order valence-electron chi connectivity index (χ3n) is 5.37. The standard InChI is InChI=1S/C24H33N3O3/c1-17(2)27(3)15-20(28)16-30-23-9-8-18(12-24(23)29-4)13-25-14-19-6-5-7-22-21(19)10-11-26-22/h5-12,17,20,25-26,28H,13-16H2,1-4H3. The van der Waals surface area contributed by atoms with Gasteiger partial charge in [-0.05, 0) is 56.3 Å². The van der Waals surface area contributed by atoms with E-state index in [0.29, 0.717) is 24.1 Å². The van der Waals surface area contributed by atoms with E-state index in [9.17, 15) is 5.11 Å². The number of hydrogen-bond acceptors (Lipinski definition) is 5. The fourth-order valence-corrected chi connectivity index (χ4v) is 3.37. The summed E-state index contributed by atoms with van der Waals surface area (Å²) in [5.41, 5.74) is 3.53. The van der Waals surface area contributed by atoms with Gasteiger partial charge in [-0.1, -0.05) is 18.2 Å². The fourth-order valence-electron chi connectivity index (χ4n) is 3.37. The number of aliphatic hydroxyl groups excluding tert-OH is 1. The van der Waals surface area contributed by atoms with Crippen molar-refractivity contribution in [2.75, 3.05) is 27.3 Å². The number of H-pyrrole nitrogens is 1. The van der Waals surface area contributed by atoms with E-state index in [1.165, 1.54) is 10.9 Å². The van der Waals surface area contributed by atoms with Gasteiger partial charge in [0.25, 0.3) is 0 Å². The molecule has 1 atom stereocenters. The lowest BCUT2D eigenvalue weighted by Gasteiger charge is -2.24. The van der Waals surface area contributed by atoms with Crippen molar-refractivity contribution < 1.29 is 14.6 Å². The Morgan fingerprint density at radius 3 is 2.70 bits per heavy atom. The van der Waals surface area contributed by atoms with Crippen molar-refractivity contribution in [1.29, 1.82) is 0 Å². The highest BCUT2D eigenvalue weighted by molar-refractivity contribution is 5.82. The average molecular weight is 412 g/mol. The van der Waals surface area contributed by atoms with Gasteiger partial charge in [-0.25, -0.2) is 0 Å². The van der Waals surface area contributed by atoms with E-state index < -0.39 is 6.10 Å². The minimum absolute atomic E-state index is 0.228. The molecule has 3 N–H and O–H groups in total. The smallest absolute Gasteiger partial charge is 0.161 e. The molecule has 162 valence electrons. The minimum atomic E-state index is -0.556. The molecule has 0 radical (unpaired) electrons. The van der Waals surface area contributed by atoms with E-state index in [4.69, 9.17) is 9.47 Å². The molecule has 1 aromatic heterocycles. The predicted molar refractivity (Wildman–Crippen MR) is 121 cm³/mol. The number of nitrogens with one attached hydrogen (secondary N) is 2. The molecule has 6 nitrogen and oxygen atoms in total. The largest absolute Gasteiger partial charge is 0.493 e. The van der Waals surface area contributed by atoms with Gasteiger partial charge in [0.2, 0.25) is 0 Å². The van der Waals surface area contributed by atoms with E-state index in [-0.39, 0.29) is 6.61 Å². The van der Waals surface area contributed by atoms with Gasteiger partial charge in [0.05, 0.1) is 7.11 Å². The maximum Gasteiger partial charge on any atom is 0.161 e. The summed E-state index contributed by atoms with van der Waals surface area (Å²) in [7, 11) is 3.63. The van der Waals surface area contributed by atoms with E-state index >= 15 is 0 Å². The Kier molecular flexibility index (Phi) is 7.74. The number of benzene rings is 2. The topological polar surface area (TPSA) is 69.8 Å². The Labute approximate surface area is 178 Å². The number of rotatable bonds is 11. The molecule has 3 rings (SSSR count). The van der Waals surface area contributed by atoms with Crippen molar-refractivity contribution in [3.05, 3.63) is 59.8 Å². The lowest BCUT2D eigenvalue weighted by Crippen LogP contribution is -2.36. The fraction of sp³-hybridized carbons (Fsp3) is 0.417. The van der Waals surface area contributed by atoms with Crippen molar-refractivity contribution in [2.24, 2.45) is 0 Å². The van der Waals surface area contributed by atoms with Crippen LogP contribution >= 0.6 is 0 Å². The minimum Gasteiger partial charge on any atom is -0.493 e. The van der Waals surface area contributed by atoms with Crippen molar-refractivity contribution in [1.82, 2.24) is 15.2 Å². The van der Waals surface area contributed by atoms with Crippen LogP contribution in [0.3, 0.4) is 0 Å². The molecule has 30 heavy (non-hydrogen) atoms. The number of hydrogen-bond donors (Lipinski definition) is 3. The van der Waals surface area contributed by atoms with Gasteiger partial charge >= 0.3 is 0 Å². The number of aliphatic hydroxyl groups is 1. The monoisotopic (exact) mass is 411 g/mol. The van der Waals surface area contributed by atoms with Crippen LogP contribution in [0.4, 0.5) is 0 Å². The molecular weight excluding hydrogens is 378 g/mol. The molecule has 0 spiro atoms. The highest BCUT2D eigenvalue weighted by Gasteiger charge is 2.13. The Balaban J connectivity index is 1.54. The van der Waals surface area contributed by atoms with Gasteiger partial charge in [0, 0.05) is 42.8 Å². The first kappa shape index (κ1) is 22.2. The van der Waals surface area contributed by atoms with Gasteiger partial charge < -0.3 is 29.8 Å². The number of ether oxygens (including phenoxy) is 2. The van der Waals surface area contributed by atoms with E-state index in [0.717, 1.165) is 24.2 Å². The van der Waals surface area contributed by atoms with Gasteiger partial charge in [0.1, 0.15) is 12.7 Å². The molecule has 3 aromatic rings. The average Bonchev–Trinajstić information content (AvgIpc) is 3.22. The molecule has 0 amide bonds. The highest BCUT2D eigenvalue weighted by atomic mass is 16.5. The second-order valence-electron chi connectivity index (χ2n) is 7.94. The molecule has 0 saturated carbocycles. The summed E-state index contributed by atoms with van der Waals surface area (Å²) in [6.07, 6.45) is 1.41. The molecule has 0 saturated heterocycles. The summed E-state index contributed by atoms with van der Waals surface area (Å²) < 4.78 is 11.3. The molecule has 6 heteroatoms. The summed E-state index contributed by atoms with van der Waals surface area (Å²) in [4.78, 5) is 5.34. The maximum absolute atomic E-state index is 10.2. The zero-order chi connectivity index (χ0) is 21.5. The van der Waals surface area contributed by atoms with Crippen LogP contribution in [-0.2, 0) is 13.1 Å². The van der Waals surface area contributed by atoms with Crippen molar-refractivity contribution in [3.8, 4) is 11.5 Å². The summed E-state index contributed by atoms with van der Waals surface area (Å²) in [6.45, 7) is 6.50. The van der Waals surface area contributed by atoms with E-state index in [2.05, 4.69) is 53.3 Å². The molecule has 1 heterocycles. The number of methoxy groups -OCH3 is 1. The summed E-state index contributed by atoms with van der Waals surface area (Å²) in [6, 6.07) is 14.7. The Bertz CT molecular complexity index is 938. The third kappa shape index (κ3) is 5.75. The molecule has 0 aliphatic rings. The van der Waals surface area contributed by atoms with Crippen molar-refractivity contribution >= 4 is 10.9 Å². The van der Waals surface area contributed by atoms with Gasteiger partial charge in [-0.15, -0.1) is 0 Å². The van der Waals surface area contributed by atoms with Gasteiger partial charge in [-0.2, -0.15) is 0 Å². The van der Waals surface area contributed by atoms with Crippen molar-refractivity contribution in [3.63, 3.8) is 0 Å². The first-order valence-electron chi connectivity index (χ1n) is 10.4. The van der Waals surface area contributed by atoms with Crippen LogP contribution in [0.25, 0.3) is 10.9 Å². The van der Waals surface area contributed by atoms with E-state index in [1.54, 1.807) is 7.11 Å². The lowest BCUT2D eigenvalue weighted by atomic mass is 10.1. The van der Waals surface area contributed by atoms with Crippen molar-refractivity contribution in [2.45, 2.75) is 39.1 Å². The molecule has 0 fully saturated rings. The molecule has 1 unspecified atom stereocenters. The quantitative estimate of drug-likeness (QED) is 0.450. The second-order valence-corrected chi connectivity index (χ2v) is 7.94. The first-order chi connectivity index (χ1) is 14.5. The summed E-state index contributed by atoms with van der Waals surface area (Å²) in [5, 5.41) is 15.0. The maximum atomic E-state index is 10.2. The second kappa shape index (κ2) is 10.5. The predicted octanol–water partition coefficient (Wildman–Crippen LogP) is 3.55. The Hall–Kier alpha value is -2.54. The van der Waals surface area contributed by atoms with Crippen LogP contribution in [-0.4, -0.2) is 54.4 Å². The zero-order valence-corrected chi connectivity index (χ0v) is 18.3. The van der Waals surface area contributed by atoms with Gasteiger partial charge in [-0.3, -0.25) is 0 Å². The molecular formula is C24H33N3O3. The van der Waals surface area contributed by atoms with Crippen LogP contribution in [0.15, 0.2) is 48.7 Å². The SMILES string of the molecule is COc1cc(CNCc2cccc3[nH]ccc23)ccc1OCC(O)CN(C)C(C)C. The van der Waals surface area contributed by atoms with Crippen LogP contribution in [0.1, 0.15) is 25.0 Å².